The van der Waals surface area contributed by atoms with Gasteiger partial charge < -0.3 is 4.74 Å². The van der Waals surface area contributed by atoms with Crippen LogP contribution in [0.5, 0.6) is 0 Å². The number of para-hydroxylation sites is 1. The Kier molecular flexibility index (Phi) is 4.27. The molecular formula is C17H20N2O2. The lowest BCUT2D eigenvalue weighted by molar-refractivity contribution is -0.135. The van der Waals surface area contributed by atoms with E-state index in [-0.39, 0.29) is 11.9 Å². The van der Waals surface area contributed by atoms with E-state index in [2.05, 4.69) is 16.8 Å². The summed E-state index contributed by atoms with van der Waals surface area (Å²) in [5, 5.41) is 1.05. The standard InChI is InChI=1S/C17H20N2O2/c1-2-19-9-10-21-17(12-19)16(20)11-13-7-8-18-15-6-4-3-5-14(13)15/h3-8,17H,2,9-12H2,1H3. The Bertz CT molecular complexity index is 636. The Labute approximate surface area is 124 Å². The van der Waals surface area contributed by atoms with Crippen molar-refractivity contribution in [3.8, 4) is 0 Å². The first-order valence-corrected chi connectivity index (χ1v) is 7.47. The lowest BCUT2D eigenvalue weighted by Crippen LogP contribution is -2.46. The molecule has 0 spiro atoms. The highest BCUT2D eigenvalue weighted by Gasteiger charge is 2.26. The Hall–Kier alpha value is -1.78. The average molecular weight is 284 g/mol. The summed E-state index contributed by atoms with van der Waals surface area (Å²) in [4.78, 5) is 19.1. The highest BCUT2D eigenvalue weighted by Crippen LogP contribution is 2.18. The van der Waals surface area contributed by atoms with Crippen LogP contribution in [0, 0.1) is 0 Å². The molecule has 1 aliphatic rings. The number of benzene rings is 1. The molecule has 2 heterocycles. The van der Waals surface area contributed by atoms with Gasteiger partial charge in [0, 0.05) is 31.1 Å². The Balaban J connectivity index is 1.77. The lowest BCUT2D eigenvalue weighted by Gasteiger charge is -2.31. The molecule has 1 aromatic carbocycles. The van der Waals surface area contributed by atoms with Crippen LogP contribution in [0.2, 0.25) is 0 Å². The Morgan fingerprint density at radius 1 is 1.38 bits per heavy atom. The van der Waals surface area contributed by atoms with Crippen LogP contribution in [0.15, 0.2) is 36.5 Å². The predicted molar refractivity (Wildman–Crippen MR) is 82.3 cm³/mol. The van der Waals surface area contributed by atoms with Crippen molar-refractivity contribution < 1.29 is 9.53 Å². The molecule has 2 aromatic rings. The van der Waals surface area contributed by atoms with E-state index in [1.807, 2.05) is 30.3 Å². The number of ketones is 1. The van der Waals surface area contributed by atoms with Crippen LogP contribution < -0.4 is 0 Å². The molecule has 0 N–H and O–H groups in total. The minimum atomic E-state index is -0.300. The zero-order chi connectivity index (χ0) is 14.7. The number of morpholine rings is 1. The van der Waals surface area contributed by atoms with Gasteiger partial charge in [0.15, 0.2) is 5.78 Å². The summed E-state index contributed by atoms with van der Waals surface area (Å²) in [5.74, 6) is 0.157. The fourth-order valence-corrected chi connectivity index (χ4v) is 2.80. The number of rotatable bonds is 4. The van der Waals surface area contributed by atoms with Crippen LogP contribution >= 0.6 is 0 Å². The maximum absolute atomic E-state index is 12.5. The van der Waals surface area contributed by atoms with Gasteiger partial charge in [0.05, 0.1) is 12.1 Å². The highest BCUT2D eigenvalue weighted by molar-refractivity contribution is 5.91. The molecular weight excluding hydrogens is 264 g/mol. The van der Waals surface area contributed by atoms with Gasteiger partial charge in [-0.3, -0.25) is 14.7 Å². The van der Waals surface area contributed by atoms with Crippen LogP contribution in [0.4, 0.5) is 0 Å². The van der Waals surface area contributed by atoms with E-state index >= 15 is 0 Å². The van der Waals surface area contributed by atoms with Crippen LogP contribution in [0.25, 0.3) is 10.9 Å². The zero-order valence-electron chi connectivity index (χ0n) is 12.3. The SMILES string of the molecule is CCN1CCOC(C(=O)Cc2ccnc3ccccc23)C1. The molecule has 0 amide bonds. The van der Waals surface area contributed by atoms with E-state index in [1.165, 1.54) is 0 Å². The van der Waals surface area contributed by atoms with E-state index in [0.717, 1.165) is 29.6 Å². The maximum atomic E-state index is 12.5. The van der Waals surface area contributed by atoms with Gasteiger partial charge in [-0.1, -0.05) is 25.1 Å². The molecule has 1 atom stereocenters. The van der Waals surface area contributed by atoms with Crippen molar-refractivity contribution in [1.29, 1.82) is 0 Å². The largest absolute Gasteiger partial charge is 0.368 e. The van der Waals surface area contributed by atoms with Crippen molar-refractivity contribution in [3.63, 3.8) is 0 Å². The van der Waals surface area contributed by atoms with Crippen LogP contribution in [-0.4, -0.2) is 48.0 Å². The zero-order valence-corrected chi connectivity index (χ0v) is 12.3. The molecule has 1 fully saturated rings. The van der Waals surface area contributed by atoms with E-state index in [1.54, 1.807) is 6.20 Å². The van der Waals surface area contributed by atoms with Gasteiger partial charge in [0.1, 0.15) is 6.10 Å². The summed E-state index contributed by atoms with van der Waals surface area (Å²) in [5.41, 5.74) is 1.96. The molecule has 0 saturated carbocycles. The van der Waals surface area contributed by atoms with Gasteiger partial charge in [0.2, 0.25) is 0 Å². The number of fused-ring (bicyclic) bond motifs is 1. The second kappa shape index (κ2) is 6.33. The van der Waals surface area contributed by atoms with Crippen molar-refractivity contribution in [2.24, 2.45) is 0 Å². The second-order valence-corrected chi connectivity index (χ2v) is 5.38. The third-order valence-electron chi connectivity index (χ3n) is 4.06. The van der Waals surface area contributed by atoms with Crippen LogP contribution in [0.3, 0.4) is 0 Å². The Morgan fingerprint density at radius 2 is 2.24 bits per heavy atom. The molecule has 1 aromatic heterocycles. The van der Waals surface area contributed by atoms with Gasteiger partial charge in [-0.2, -0.15) is 0 Å². The molecule has 0 radical (unpaired) electrons. The topological polar surface area (TPSA) is 42.4 Å². The van der Waals surface area contributed by atoms with E-state index < -0.39 is 0 Å². The summed E-state index contributed by atoms with van der Waals surface area (Å²) in [6.45, 7) is 5.34. The highest BCUT2D eigenvalue weighted by atomic mass is 16.5. The van der Waals surface area contributed by atoms with Crippen molar-refractivity contribution >= 4 is 16.7 Å². The van der Waals surface area contributed by atoms with Gasteiger partial charge in [0.25, 0.3) is 0 Å². The molecule has 0 bridgehead atoms. The number of hydrogen-bond acceptors (Lipinski definition) is 4. The quantitative estimate of drug-likeness (QED) is 0.862. The first-order chi connectivity index (χ1) is 10.3. The maximum Gasteiger partial charge on any atom is 0.167 e. The van der Waals surface area contributed by atoms with Gasteiger partial charge in [-0.25, -0.2) is 0 Å². The van der Waals surface area contributed by atoms with E-state index in [4.69, 9.17) is 4.74 Å². The number of carbonyl (C=O) groups excluding carboxylic acids is 1. The Morgan fingerprint density at radius 3 is 3.10 bits per heavy atom. The summed E-state index contributed by atoms with van der Waals surface area (Å²) in [6, 6.07) is 9.86. The fraction of sp³-hybridized carbons (Fsp3) is 0.412. The molecule has 3 rings (SSSR count). The van der Waals surface area contributed by atoms with Gasteiger partial charge in [-0.05, 0) is 24.2 Å². The first-order valence-electron chi connectivity index (χ1n) is 7.47. The second-order valence-electron chi connectivity index (χ2n) is 5.38. The van der Waals surface area contributed by atoms with Crippen molar-refractivity contribution in [2.45, 2.75) is 19.4 Å². The lowest BCUT2D eigenvalue weighted by atomic mass is 10.0. The number of nitrogens with zero attached hydrogens (tertiary/aromatic N) is 2. The summed E-state index contributed by atoms with van der Waals surface area (Å²) < 4.78 is 5.65. The minimum Gasteiger partial charge on any atom is -0.368 e. The fourth-order valence-electron chi connectivity index (χ4n) is 2.80. The molecule has 1 unspecified atom stereocenters. The molecule has 1 saturated heterocycles. The number of Topliss-reactive ketones (excluding diaryl/α,β-unsaturated/α-hetero) is 1. The molecule has 0 aliphatic carbocycles. The third-order valence-corrected chi connectivity index (χ3v) is 4.06. The van der Waals surface area contributed by atoms with Crippen molar-refractivity contribution in [3.05, 3.63) is 42.1 Å². The van der Waals surface area contributed by atoms with Gasteiger partial charge >= 0.3 is 0 Å². The molecule has 110 valence electrons. The normalized spacial score (nSPS) is 19.8. The summed E-state index contributed by atoms with van der Waals surface area (Å²) in [7, 11) is 0. The molecule has 1 aliphatic heterocycles. The average Bonchev–Trinajstić information content (AvgIpc) is 2.55. The summed E-state index contributed by atoms with van der Waals surface area (Å²) >= 11 is 0. The summed E-state index contributed by atoms with van der Waals surface area (Å²) in [6.07, 6.45) is 1.88. The van der Waals surface area contributed by atoms with E-state index in [9.17, 15) is 4.79 Å². The smallest absolute Gasteiger partial charge is 0.167 e. The number of ether oxygens (including phenoxy) is 1. The number of hydrogen-bond donors (Lipinski definition) is 0. The van der Waals surface area contributed by atoms with Crippen molar-refractivity contribution in [2.75, 3.05) is 26.2 Å². The monoisotopic (exact) mass is 284 g/mol. The van der Waals surface area contributed by atoms with Gasteiger partial charge in [-0.15, -0.1) is 0 Å². The first kappa shape index (κ1) is 14.2. The van der Waals surface area contributed by atoms with Crippen LogP contribution in [-0.2, 0) is 16.0 Å². The number of pyridine rings is 1. The minimum absolute atomic E-state index is 0.157. The molecule has 21 heavy (non-hydrogen) atoms. The number of carbonyl (C=O) groups is 1. The molecule has 4 nitrogen and oxygen atoms in total. The van der Waals surface area contributed by atoms with E-state index in [0.29, 0.717) is 19.6 Å². The predicted octanol–water partition coefficient (Wildman–Crippen LogP) is 2.07. The molecule has 4 heteroatoms. The van der Waals surface area contributed by atoms with Crippen molar-refractivity contribution in [1.82, 2.24) is 9.88 Å². The third kappa shape index (κ3) is 3.12. The number of aromatic nitrogens is 1. The number of likely N-dealkylation sites (N-methyl/N-ethyl adjacent to an activating group) is 1. The van der Waals surface area contributed by atoms with Crippen LogP contribution in [0.1, 0.15) is 12.5 Å².